The zero-order valence-corrected chi connectivity index (χ0v) is 12.9. The summed E-state index contributed by atoms with van der Waals surface area (Å²) < 4.78 is 37.1. The molecule has 0 aliphatic rings. The van der Waals surface area contributed by atoms with Gasteiger partial charge in [-0.15, -0.1) is 0 Å². The van der Waals surface area contributed by atoms with Gasteiger partial charge in [0.25, 0.3) is 0 Å². The van der Waals surface area contributed by atoms with Crippen molar-refractivity contribution < 1.29 is 23.0 Å². The molecule has 0 aliphatic carbocycles. The van der Waals surface area contributed by atoms with Gasteiger partial charge in [0.1, 0.15) is 17.3 Å². The summed E-state index contributed by atoms with van der Waals surface area (Å²) in [5.41, 5.74) is 0.482. The van der Waals surface area contributed by atoms with Crippen LogP contribution in [0.2, 0.25) is 0 Å². The molecule has 1 rings (SSSR count). The number of nitrogens with one attached hydrogen (secondary N) is 1. The summed E-state index contributed by atoms with van der Waals surface area (Å²) in [6, 6.07) is 4.56. The first-order valence-electron chi connectivity index (χ1n) is 6.40. The highest BCUT2D eigenvalue weighted by atomic mass is 32.2. The number of aliphatic hydroxyl groups excluding tert-OH is 1. The average Bonchev–Trinajstić information content (AvgIpc) is 2.49. The first kappa shape index (κ1) is 17.5. The third-order valence-electron chi connectivity index (χ3n) is 2.51. The fourth-order valence-electron chi connectivity index (χ4n) is 1.58. The largest absolute Gasteiger partial charge is 0.495 e. The molecule has 0 aliphatic heterocycles. The summed E-state index contributed by atoms with van der Waals surface area (Å²) in [5, 5.41) is 8.68. The van der Waals surface area contributed by atoms with Gasteiger partial charge in [0.2, 0.25) is 10.0 Å². The van der Waals surface area contributed by atoms with E-state index in [-0.39, 0.29) is 23.8 Å². The van der Waals surface area contributed by atoms with Gasteiger partial charge in [0.15, 0.2) is 0 Å². The highest BCUT2D eigenvalue weighted by Gasteiger charge is 2.19. The molecular weight excluding hydrogens is 294 g/mol. The number of rotatable bonds is 7. The molecule has 7 heteroatoms. The number of methoxy groups -OCH3 is 1. The molecule has 21 heavy (non-hydrogen) atoms. The monoisotopic (exact) mass is 313 g/mol. The first-order chi connectivity index (χ1) is 10.0. The van der Waals surface area contributed by atoms with Gasteiger partial charge in [-0.05, 0) is 25.1 Å². The van der Waals surface area contributed by atoms with Crippen LogP contribution in [0.1, 0.15) is 12.5 Å². The van der Waals surface area contributed by atoms with E-state index in [4.69, 9.17) is 14.6 Å². The maximum absolute atomic E-state index is 12.3. The van der Waals surface area contributed by atoms with Crippen molar-refractivity contribution in [2.24, 2.45) is 0 Å². The van der Waals surface area contributed by atoms with Crippen molar-refractivity contribution in [1.29, 1.82) is 0 Å². The van der Waals surface area contributed by atoms with E-state index in [9.17, 15) is 8.42 Å². The van der Waals surface area contributed by atoms with Gasteiger partial charge in [-0.25, -0.2) is 13.1 Å². The van der Waals surface area contributed by atoms with Crippen LogP contribution >= 0.6 is 0 Å². The number of sulfonamides is 1. The number of benzene rings is 1. The molecule has 0 unspecified atom stereocenters. The molecule has 1 aromatic carbocycles. The molecule has 0 amide bonds. The van der Waals surface area contributed by atoms with Crippen LogP contribution in [0.25, 0.3) is 0 Å². The third-order valence-corrected chi connectivity index (χ3v) is 3.99. The van der Waals surface area contributed by atoms with Crippen molar-refractivity contribution in [3.8, 4) is 17.6 Å². The van der Waals surface area contributed by atoms with Crippen LogP contribution in [0.5, 0.6) is 5.75 Å². The van der Waals surface area contributed by atoms with Crippen LogP contribution in [0.4, 0.5) is 0 Å². The van der Waals surface area contributed by atoms with Gasteiger partial charge in [-0.3, -0.25) is 0 Å². The Bertz CT molecular complexity index is 616. The predicted molar refractivity (Wildman–Crippen MR) is 78.6 cm³/mol. The van der Waals surface area contributed by atoms with E-state index in [1.54, 1.807) is 6.07 Å². The summed E-state index contributed by atoms with van der Waals surface area (Å²) in [6.45, 7) is 2.53. The minimum Gasteiger partial charge on any atom is -0.495 e. The van der Waals surface area contributed by atoms with Crippen molar-refractivity contribution in [1.82, 2.24) is 4.72 Å². The standard InChI is InChI=1S/C14H19NO5S/c1-3-20-10-8-15-21(17,18)14-11-12(5-4-9-16)6-7-13(14)19-2/h6-7,11,15-16H,3,8-10H2,1-2H3. The first-order valence-corrected chi connectivity index (χ1v) is 7.88. The fourth-order valence-corrected chi connectivity index (χ4v) is 2.78. The highest BCUT2D eigenvalue weighted by molar-refractivity contribution is 7.89. The van der Waals surface area contributed by atoms with E-state index < -0.39 is 10.0 Å². The van der Waals surface area contributed by atoms with E-state index in [0.717, 1.165) is 0 Å². The smallest absolute Gasteiger partial charge is 0.244 e. The van der Waals surface area contributed by atoms with Crippen molar-refractivity contribution in [2.45, 2.75) is 11.8 Å². The fraction of sp³-hybridized carbons (Fsp3) is 0.429. The Morgan fingerprint density at radius 3 is 2.76 bits per heavy atom. The quantitative estimate of drug-likeness (QED) is 0.561. The lowest BCUT2D eigenvalue weighted by molar-refractivity contribution is 0.153. The second-order valence-corrected chi connectivity index (χ2v) is 5.66. The van der Waals surface area contributed by atoms with Gasteiger partial charge in [0.05, 0.1) is 13.7 Å². The molecule has 0 spiro atoms. The van der Waals surface area contributed by atoms with Gasteiger partial charge in [-0.1, -0.05) is 11.8 Å². The summed E-state index contributed by atoms with van der Waals surface area (Å²) >= 11 is 0. The Morgan fingerprint density at radius 2 is 2.14 bits per heavy atom. The maximum atomic E-state index is 12.3. The number of aliphatic hydroxyl groups is 1. The van der Waals surface area contributed by atoms with Crippen LogP contribution < -0.4 is 9.46 Å². The molecule has 1 aromatic rings. The summed E-state index contributed by atoms with van der Waals surface area (Å²) in [6.07, 6.45) is 0. The van der Waals surface area contributed by atoms with Crippen LogP contribution in [0.15, 0.2) is 23.1 Å². The third kappa shape index (κ3) is 5.36. The lowest BCUT2D eigenvalue weighted by Crippen LogP contribution is -2.28. The van der Waals surface area contributed by atoms with Crippen LogP contribution in [-0.4, -0.2) is 47.0 Å². The van der Waals surface area contributed by atoms with Gasteiger partial charge >= 0.3 is 0 Å². The zero-order valence-electron chi connectivity index (χ0n) is 12.0. The highest BCUT2D eigenvalue weighted by Crippen LogP contribution is 2.24. The molecule has 2 N–H and O–H groups in total. The van der Waals surface area contributed by atoms with Crippen LogP contribution in [-0.2, 0) is 14.8 Å². The number of hydrogen-bond donors (Lipinski definition) is 2. The second-order valence-electron chi connectivity index (χ2n) is 3.92. The zero-order chi connectivity index (χ0) is 15.7. The SMILES string of the molecule is CCOCCNS(=O)(=O)c1cc(C#CCO)ccc1OC. The normalized spacial score (nSPS) is 10.8. The van der Waals surface area contributed by atoms with Crippen LogP contribution in [0.3, 0.4) is 0 Å². The Kier molecular flexibility index (Phi) is 7.19. The lowest BCUT2D eigenvalue weighted by Gasteiger charge is -2.11. The second kappa shape index (κ2) is 8.64. The molecule has 0 saturated heterocycles. The Morgan fingerprint density at radius 1 is 1.38 bits per heavy atom. The Hall–Kier alpha value is -1.59. The molecule has 0 bridgehead atoms. The van der Waals surface area contributed by atoms with E-state index >= 15 is 0 Å². The molecule has 0 atom stereocenters. The van der Waals surface area contributed by atoms with Gasteiger partial charge in [-0.2, -0.15) is 0 Å². The molecule has 0 aromatic heterocycles. The average molecular weight is 313 g/mol. The summed E-state index contributed by atoms with van der Waals surface area (Å²) in [5.74, 6) is 5.36. The minimum atomic E-state index is -3.72. The van der Waals surface area contributed by atoms with E-state index in [2.05, 4.69) is 16.6 Å². The molecule has 0 heterocycles. The molecule has 0 fully saturated rings. The van der Waals surface area contributed by atoms with Crippen molar-refractivity contribution >= 4 is 10.0 Å². The van der Waals surface area contributed by atoms with E-state index in [0.29, 0.717) is 18.8 Å². The number of ether oxygens (including phenoxy) is 2. The molecule has 6 nitrogen and oxygen atoms in total. The van der Waals surface area contributed by atoms with E-state index in [1.165, 1.54) is 19.2 Å². The Labute approximate surface area is 125 Å². The minimum absolute atomic E-state index is 0.00578. The topological polar surface area (TPSA) is 84.9 Å². The molecule has 0 saturated carbocycles. The predicted octanol–water partition coefficient (Wildman–Crippen LogP) is 0.354. The number of hydrogen-bond acceptors (Lipinski definition) is 5. The van der Waals surface area contributed by atoms with Crippen molar-refractivity contribution in [3.05, 3.63) is 23.8 Å². The Balaban J connectivity index is 3.01. The summed E-state index contributed by atoms with van der Waals surface area (Å²) in [4.78, 5) is 0.00578. The summed E-state index contributed by atoms with van der Waals surface area (Å²) in [7, 11) is -2.32. The molecule has 0 radical (unpaired) electrons. The molecular formula is C14H19NO5S. The van der Waals surface area contributed by atoms with Gasteiger partial charge in [0, 0.05) is 18.7 Å². The molecule has 116 valence electrons. The van der Waals surface area contributed by atoms with Crippen LogP contribution in [0, 0.1) is 11.8 Å². The van der Waals surface area contributed by atoms with Crippen molar-refractivity contribution in [2.75, 3.05) is 33.5 Å². The maximum Gasteiger partial charge on any atom is 0.244 e. The van der Waals surface area contributed by atoms with Crippen molar-refractivity contribution in [3.63, 3.8) is 0 Å². The lowest BCUT2D eigenvalue weighted by atomic mass is 10.2. The van der Waals surface area contributed by atoms with E-state index in [1.807, 2.05) is 6.92 Å². The van der Waals surface area contributed by atoms with Gasteiger partial charge < -0.3 is 14.6 Å².